The molecule has 0 aromatic carbocycles. The minimum Gasteiger partial charge on any atom is -0.303 e. The Morgan fingerprint density at radius 3 is 1.35 bits per heavy atom. The summed E-state index contributed by atoms with van der Waals surface area (Å²) in [7, 11) is -9.44. The Hall–Kier alpha value is 0.800. The Morgan fingerprint density at radius 2 is 1.18 bits per heavy atom. The molecule has 0 aromatic rings. The lowest BCUT2D eigenvalue weighted by Crippen LogP contribution is -2.35. The SMILES string of the molecule is O=P(O)(O)OCC(CCl)(CCl)COP(=O)(O)O. The van der Waals surface area contributed by atoms with E-state index in [-0.39, 0.29) is 11.8 Å². The zero-order valence-corrected chi connectivity index (χ0v) is 11.7. The van der Waals surface area contributed by atoms with Crippen LogP contribution < -0.4 is 0 Å². The molecule has 0 atom stereocenters. The molecule has 0 aliphatic rings. The normalized spacial score (nSPS) is 14.0. The number of halogens is 2. The van der Waals surface area contributed by atoms with Crippen molar-refractivity contribution in [2.24, 2.45) is 5.41 Å². The van der Waals surface area contributed by atoms with E-state index >= 15 is 0 Å². The van der Waals surface area contributed by atoms with E-state index in [0.717, 1.165) is 0 Å². The van der Waals surface area contributed by atoms with Crippen LogP contribution in [0.5, 0.6) is 0 Å². The van der Waals surface area contributed by atoms with Gasteiger partial charge in [-0.1, -0.05) is 0 Å². The second-order valence-electron chi connectivity index (χ2n) is 3.30. The predicted octanol–water partition coefficient (Wildman–Crippen LogP) is 0.669. The highest BCUT2D eigenvalue weighted by Gasteiger charge is 2.35. The van der Waals surface area contributed by atoms with Crippen LogP contribution in [-0.4, -0.2) is 44.5 Å². The van der Waals surface area contributed by atoms with Crippen molar-refractivity contribution in [2.75, 3.05) is 25.0 Å². The van der Waals surface area contributed by atoms with Gasteiger partial charge < -0.3 is 19.6 Å². The van der Waals surface area contributed by atoms with Gasteiger partial charge in [0.2, 0.25) is 0 Å². The van der Waals surface area contributed by atoms with Gasteiger partial charge in [0.15, 0.2) is 0 Å². The van der Waals surface area contributed by atoms with Crippen LogP contribution >= 0.6 is 38.8 Å². The van der Waals surface area contributed by atoms with Gasteiger partial charge in [-0.15, -0.1) is 23.2 Å². The van der Waals surface area contributed by atoms with Crippen LogP contribution in [0.2, 0.25) is 0 Å². The predicted molar refractivity (Wildman–Crippen MR) is 59.9 cm³/mol. The van der Waals surface area contributed by atoms with E-state index in [9.17, 15) is 9.13 Å². The number of phosphoric acid groups is 2. The lowest BCUT2D eigenvalue weighted by molar-refractivity contribution is 0.0754. The molecule has 17 heavy (non-hydrogen) atoms. The summed E-state index contributed by atoms with van der Waals surface area (Å²) in [5.74, 6) is -0.507. The Balaban J connectivity index is 4.56. The largest absolute Gasteiger partial charge is 0.469 e. The second kappa shape index (κ2) is 6.82. The van der Waals surface area contributed by atoms with E-state index in [1.165, 1.54) is 0 Å². The summed E-state index contributed by atoms with van der Waals surface area (Å²) < 4.78 is 29.4. The van der Waals surface area contributed by atoms with Gasteiger partial charge in [-0.2, -0.15) is 0 Å². The van der Waals surface area contributed by atoms with Gasteiger partial charge in [-0.3, -0.25) is 9.05 Å². The van der Waals surface area contributed by atoms with Gasteiger partial charge in [-0.05, 0) is 0 Å². The number of rotatable bonds is 8. The quantitative estimate of drug-likeness (QED) is 0.376. The van der Waals surface area contributed by atoms with Crippen molar-refractivity contribution < 1.29 is 37.8 Å². The van der Waals surface area contributed by atoms with Crippen molar-refractivity contribution in [1.29, 1.82) is 0 Å². The van der Waals surface area contributed by atoms with E-state index in [4.69, 9.17) is 42.8 Å². The third-order valence-electron chi connectivity index (χ3n) is 1.64. The fourth-order valence-corrected chi connectivity index (χ4v) is 2.15. The molecular weight excluding hydrogens is 321 g/mol. The van der Waals surface area contributed by atoms with E-state index in [0.29, 0.717) is 0 Å². The first kappa shape index (κ1) is 17.8. The fraction of sp³-hybridized carbons (Fsp3) is 1.00. The van der Waals surface area contributed by atoms with Crippen molar-refractivity contribution in [3.63, 3.8) is 0 Å². The van der Waals surface area contributed by atoms with Gasteiger partial charge in [0.25, 0.3) is 0 Å². The Labute approximate surface area is 107 Å². The number of alkyl halides is 2. The van der Waals surface area contributed by atoms with E-state index < -0.39 is 34.3 Å². The lowest BCUT2D eigenvalue weighted by Gasteiger charge is -2.28. The zero-order valence-electron chi connectivity index (χ0n) is 8.40. The molecule has 12 heteroatoms. The average molecular weight is 333 g/mol. The van der Waals surface area contributed by atoms with Crippen LogP contribution in [0.4, 0.5) is 0 Å². The maximum absolute atomic E-state index is 10.5. The summed E-state index contributed by atoms with van der Waals surface area (Å²) in [5, 5.41) is 0. The van der Waals surface area contributed by atoms with Crippen LogP contribution in [-0.2, 0) is 18.2 Å². The molecule has 0 radical (unpaired) electrons. The van der Waals surface area contributed by atoms with Gasteiger partial charge in [0.05, 0.1) is 13.2 Å². The molecule has 0 aliphatic carbocycles. The van der Waals surface area contributed by atoms with E-state index in [1.54, 1.807) is 0 Å². The standard InChI is InChI=1S/C5H12Cl2O8P2/c6-1-5(2-7,3-14-16(8,9)10)4-15-17(11,12)13/h1-4H2,(H2,8,9,10)(H2,11,12,13). The number of phosphoric ester groups is 2. The molecule has 0 amide bonds. The highest BCUT2D eigenvalue weighted by molar-refractivity contribution is 7.46. The summed E-state index contributed by atoms with van der Waals surface area (Å²) in [4.78, 5) is 34.0. The average Bonchev–Trinajstić information content (AvgIpc) is 2.16. The minimum absolute atomic E-state index is 0.253. The van der Waals surface area contributed by atoms with Gasteiger partial charge >= 0.3 is 15.6 Å². The maximum Gasteiger partial charge on any atom is 0.469 e. The third kappa shape index (κ3) is 8.51. The summed E-state index contributed by atoms with van der Waals surface area (Å²) in [5.41, 5.74) is -1.30. The first-order valence-electron chi connectivity index (χ1n) is 4.06. The maximum atomic E-state index is 10.5. The molecule has 0 rings (SSSR count). The molecule has 0 spiro atoms. The van der Waals surface area contributed by atoms with Gasteiger partial charge in [0.1, 0.15) is 0 Å². The van der Waals surface area contributed by atoms with Crippen LogP contribution in [0.3, 0.4) is 0 Å². The molecule has 0 heterocycles. The molecule has 0 unspecified atom stereocenters. The molecule has 0 bridgehead atoms. The first-order valence-corrected chi connectivity index (χ1v) is 8.19. The fourth-order valence-electron chi connectivity index (χ4n) is 0.674. The van der Waals surface area contributed by atoms with Crippen molar-refractivity contribution >= 4 is 38.8 Å². The molecule has 0 aromatic heterocycles. The smallest absolute Gasteiger partial charge is 0.303 e. The van der Waals surface area contributed by atoms with Crippen molar-refractivity contribution in [2.45, 2.75) is 0 Å². The first-order chi connectivity index (χ1) is 7.54. The summed E-state index contributed by atoms with van der Waals surface area (Å²) >= 11 is 11.1. The zero-order chi connectivity index (χ0) is 13.7. The van der Waals surface area contributed by atoms with Crippen LogP contribution in [0, 0.1) is 5.41 Å². The molecule has 0 fully saturated rings. The molecule has 104 valence electrons. The number of hydrogen-bond acceptors (Lipinski definition) is 4. The van der Waals surface area contributed by atoms with Crippen molar-refractivity contribution in [3.05, 3.63) is 0 Å². The molecule has 0 saturated carbocycles. The summed E-state index contributed by atoms with van der Waals surface area (Å²) in [6.07, 6.45) is 0. The van der Waals surface area contributed by atoms with Crippen LogP contribution in [0.15, 0.2) is 0 Å². The topological polar surface area (TPSA) is 134 Å². The Morgan fingerprint density at radius 1 is 0.882 bits per heavy atom. The molecule has 0 aliphatic heterocycles. The van der Waals surface area contributed by atoms with E-state index in [2.05, 4.69) is 9.05 Å². The van der Waals surface area contributed by atoms with Gasteiger partial charge in [0, 0.05) is 17.2 Å². The molecule has 0 saturated heterocycles. The van der Waals surface area contributed by atoms with Gasteiger partial charge in [-0.25, -0.2) is 9.13 Å². The molecular formula is C5H12Cl2O8P2. The van der Waals surface area contributed by atoms with Crippen molar-refractivity contribution in [3.8, 4) is 0 Å². The Bertz CT molecular complexity index is 292. The third-order valence-corrected chi connectivity index (χ3v) is 3.71. The highest BCUT2D eigenvalue weighted by Crippen LogP contribution is 2.42. The highest BCUT2D eigenvalue weighted by atomic mass is 35.5. The van der Waals surface area contributed by atoms with Crippen molar-refractivity contribution in [1.82, 2.24) is 0 Å². The Kier molecular flexibility index (Phi) is 7.14. The molecule has 8 nitrogen and oxygen atoms in total. The van der Waals surface area contributed by atoms with E-state index in [1.807, 2.05) is 0 Å². The monoisotopic (exact) mass is 332 g/mol. The minimum atomic E-state index is -4.72. The lowest BCUT2D eigenvalue weighted by atomic mass is 9.96. The second-order valence-corrected chi connectivity index (χ2v) is 6.31. The number of hydrogen-bond donors (Lipinski definition) is 4. The van der Waals surface area contributed by atoms with Crippen LogP contribution in [0.25, 0.3) is 0 Å². The summed E-state index contributed by atoms with van der Waals surface area (Å²) in [6.45, 7) is -1.19. The summed E-state index contributed by atoms with van der Waals surface area (Å²) in [6, 6.07) is 0. The molecule has 4 N–H and O–H groups in total. The van der Waals surface area contributed by atoms with Crippen LogP contribution in [0.1, 0.15) is 0 Å².